The van der Waals surface area contributed by atoms with Gasteiger partial charge in [-0.2, -0.15) is 0 Å². The molecule has 3 nitrogen and oxygen atoms in total. The van der Waals surface area contributed by atoms with Crippen LogP contribution in [-0.4, -0.2) is 12.1 Å². The number of nitrogens with one attached hydrogen (secondary N) is 1. The van der Waals surface area contributed by atoms with E-state index in [0.717, 1.165) is 21.5 Å². The number of primary amides is 1. The zero-order chi connectivity index (χ0) is 16.9. The van der Waals surface area contributed by atoms with Crippen LogP contribution in [0.25, 0.3) is 0 Å². The molecule has 0 aliphatic carbocycles. The van der Waals surface area contributed by atoms with Gasteiger partial charge in [0.1, 0.15) is 0 Å². The molecule has 0 unspecified atom stereocenters. The molecule has 0 fully saturated rings. The molecular formula is C20H17N2OP. The Hall–Kier alpha value is -2.77. The van der Waals surface area contributed by atoms with Gasteiger partial charge in [0.05, 0.1) is 0 Å². The number of rotatable bonds is 5. The topological polar surface area (TPSA) is 66.9 Å². The summed E-state index contributed by atoms with van der Waals surface area (Å²) in [5.41, 5.74) is 6.89. The number of benzene rings is 3. The summed E-state index contributed by atoms with van der Waals surface area (Å²) >= 11 is 0. The van der Waals surface area contributed by atoms with E-state index in [4.69, 9.17) is 11.1 Å². The predicted molar refractivity (Wildman–Crippen MR) is 102 cm³/mol. The fraction of sp³-hybridized carbons (Fsp3) is 0. The summed E-state index contributed by atoms with van der Waals surface area (Å²) in [5.74, 6) is -0.444. The molecule has 118 valence electrons. The first-order valence-electron chi connectivity index (χ1n) is 7.55. The summed E-state index contributed by atoms with van der Waals surface area (Å²) < 4.78 is 0. The Morgan fingerprint density at radius 2 is 1.42 bits per heavy atom. The average molecular weight is 332 g/mol. The van der Waals surface area contributed by atoms with E-state index in [9.17, 15) is 4.79 Å². The minimum absolute atomic E-state index is 0.444. The molecule has 1 amide bonds. The number of hydrogen-bond donors (Lipinski definition) is 2. The van der Waals surface area contributed by atoms with E-state index in [1.807, 2.05) is 42.5 Å². The highest BCUT2D eigenvalue weighted by molar-refractivity contribution is 7.80. The first-order chi connectivity index (χ1) is 11.7. The average Bonchev–Trinajstić information content (AvgIpc) is 2.63. The van der Waals surface area contributed by atoms with Gasteiger partial charge in [-0.05, 0) is 41.5 Å². The van der Waals surface area contributed by atoms with Crippen LogP contribution in [0.2, 0.25) is 0 Å². The normalized spacial score (nSPS) is 10.5. The van der Waals surface area contributed by atoms with E-state index in [0.29, 0.717) is 5.56 Å². The Morgan fingerprint density at radius 1 is 0.875 bits per heavy atom. The van der Waals surface area contributed by atoms with Gasteiger partial charge in [0.2, 0.25) is 5.91 Å². The lowest BCUT2D eigenvalue weighted by atomic mass is 10.1. The quantitative estimate of drug-likeness (QED) is 0.547. The number of carbonyl (C=O) groups is 1. The molecule has 0 bridgehead atoms. The SMILES string of the molecule is N=Cc1ccc(C(N)=O)c(P(c2ccccc2)c2ccccc2)c1. The molecule has 0 atom stereocenters. The molecule has 0 aliphatic rings. The first kappa shape index (κ1) is 16.1. The molecular weight excluding hydrogens is 315 g/mol. The lowest BCUT2D eigenvalue weighted by Gasteiger charge is -2.21. The number of nitrogens with two attached hydrogens (primary N) is 1. The number of carbonyl (C=O) groups excluding carboxylic acids is 1. The molecule has 0 aliphatic heterocycles. The summed E-state index contributed by atoms with van der Waals surface area (Å²) in [5, 5.41) is 10.7. The molecule has 4 heteroatoms. The van der Waals surface area contributed by atoms with Gasteiger partial charge in [-0.25, -0.2) is 0 Å². The molecule has 3 rings (SSSR count). The van der Waals surface area contributed by atoms with Crippen LogP contribution in [0.5, 0.6) is 0 Å². The molecule has 24 heavy (non-hydrogen) atoms. The van der Waals surface area contributed by atoms with Crippen LogP contribution in [0.3, 0.4) is 0 Å². The molecule has 0 radical (unpaired) electrons. The van der Waals surface area contributed by atoms with Crippen molar-refractivity contribution in [2.45, 2.75) is 0 Å². The second-order valence-electron chi connectivity index (χ2n) is 5.29. The van der Waals surface area contributed by atoms with E-state index in [2.05, 4.69) is 24.3 Å². The zero-order valence-corrected chi connectivity index (χ0v) is 13.9. The second-order valence-corrected chi connectivity index (χ2v) is 7.48. The first-order valence-corrected chi connectivity index (χ1v) is 8.89. The van der Waals surface area contributed by atoms with Crippen molar-refractivity contribution in [2.75, 3.05) is 0 Å². The molecule has 0 saturated heterocycles. The summed E-state index contributed by atoms with van der Waals surface area (Å²) in [7, 11) is -0.925. The van der Waals surface area contributed by atoms with Gasteiger partial charge in [-0.15, -0.1) is 0 Å². The van der Waals surface area contributed by atoms with Crippen molar-refractivity contribution in [3.8, 4) is 0 Å². The molecule has 3 aromatic rings. The molecule has 0 heterocycles. The Kier molecular flexibility index (Phi) is 4.83. The van der Waals surface area contributed by atoms with E-state index in [1.54, 1.807) is 12.1 Å². The maximum absolute atomic E-state index is 12.0. The Labute approximate surface area is 142 Å². The van der Waals surface area contributed by atoms with Crippen LogP contribution < -0.4 is 21.6 Å². The van der Waals surface area contributed by atoms with Gasteiger partial charge < -0.3 is 11.1 Å². The van der Waals surface area contributed by atoms with Gasteiger partial charge in [0.15, 0.2) is 0 Å². The smallest absolute Gasteiger partial charge is 0.249 e. The highest BCUT2D eigenvalue weighted by atomic mass is 31.1. The molecule has 3 N–H and O–H groups in total. The third-order valence-electron chi connectivity index (χ3n) is 3.72. The maximum Gasteiger partial charge on any atom is 0.249 e. The maximum atomic E-state index is 12.0. The molecule has 0 saturated carbocycles. The van der Waals surface area contributed by atoms with Crippen molar-refractivity contribution in [1.82, 2.24) is 0 Å². The van der Waals surface area contributed by atoms with Crippen molar-refractivity contribution in [3.05, 3.63) is 90.0 Å². The van der Waals surface area contributed by atoms with Crippen molar-refractivity contribution < 1.29 is 4.79 Å². The summed E-state index contributed by atoms with van der Waals surface area (Å²) in [6.07, 6.45) is 1.29. The zero-order valence-electron chi connectivity index (χ0n) is 13.0. The van der Waals surface area contributed by atoms with Crippen LogP contribution in [0.15, 0.2) is 78.9 Å². The lowest BCUT2D eigenvalue weighted by Crippen LogP contribution is -2.28. The summed E-state index contributed by atoms with van der Waals surface area (Å²) in [4.78, 5) is 12.0. The predicted octanol–water partition coefficient (Wildman–Crippen LogP) is 2.54. The van der Waals surface area contributed by atoms with Gasteiger partial charge in [-0.3, -0.25) is 4.79 Å². The second kappa shape index (κ2) is 7.20. The monoisotopic (exact) mass is 332 g/mol. The Balaban J connectivity index is 2.27. The van der Waals surface area contributed by atoms with Crippen molar-refractivity contribution >= 4 is 36.0 Å². The summed E-state index contributed by atoms with van der Waals surface area (Å²) in [6.45, 7) is 0. The van der Waals surface area contributed by atoms with Crippen LogP contribution >= 0.6 is 7.92 Å². The van der Waals surface area contributed by atoms with E-state index in [1.165, 1.54) is 6.21 Å². The number of hydrogen-bond acceptors (Lipinski definition) is 2. The Bertz CT molecular complexity index is 824. The third kappa shape index (κ3) is 3.27. The minimum atomic E-state index is -0.925. The van der Waals surface area contributed by atoms with Gasteiger partial charge in [-0.1, -0.05) is 66.7 Å². The highest BCUT2D eigenvalue weighted by Gasteiger charge is 2.21. The molecule has 0 spiro atoms. The van der Waals surface area contributed by atoms with Crippen molar-refractivity contribution in [1.29, 1.82) is 5.41 Å². The van der Waals surface area contributed by atoms with Crippen LogP contribution in [0, 0.1) is 5.41 Å². The highest BCUT2D eigenvalue weighted by Crippen LogP contribution is 2.34. The fourth-order valence-corrected chi connectivity index (χ4v) is 5.11. The van der Waals surface area contributed by atoms with E-state index >= 15 is 0 Å². The van der Waals surface area contributed by atoms with Gasteiger partial charge in [0, 0.05) is 11.8 Å². The number of amides is 1. The third-order valence-corrected chi connectivity index (χ3v) is 6.20. The van der Waals surface area contributed by atoms with E-state index < -0.39 is 13.8 Å². The lowest BCUT2D eigenvalue weighted by molar-refractivity contribution is 0.100. The van der Waals surface area contributed by atoms with E-state index in [-0.39, 0.29) is 0 Å². The minimum Gasteiger partial charge on any atom is -0.366 e. The van der Waals surface area contributed by atoms with Crippen molar-refractivity contribution in [2.24, 2.45) is 5.73 Å². The van der Waals surface area contributed by atoms with Crippen LogP contribution in [-0.2, 0) is 0 Å². The van der Waals surface area contributed by atoms with Crippen LogP contribution in [0.1, 0.15) is 15.9 Å². The van der Waals surface area contributed by atoms with Crippen molar-refractivity contribution in [3.63, 3.8) is 0 Å². The molecule has 3 aromatic carbocycles. The summed E-state index contributed by atoms with van der Waals surface area (Å²) in [6, 6.07) is 25.6. The largest absolute Gasteiger partial charge is 0.366 e. The Morgan fingerprint density at radius 3 is 1.88 bits per heavy atom. The van der Waals surface area contributed by atoms with Crippen LogP contribution in [0.4, 0.5) is 0 Å². The fourth-order valence-electron chi connectivity index (χ4n) is 2.61. The van der Waals surface area contributed by atoms with Gasteiger partial charge in [0.25, 0.3) is 0 Å². The van der Waals surface area contributed by atoms with Gasteiger partial charge >= 0.3 is 0 Å². The molecule has 0 aromatic heterocycles. The standard InChI is InChI=1S/C20H17N2OP/c21-14-15-11-12-18(20(22)23)19(13-15)24(16-7-3-1-4-8-16)17-9-5-2-6-10-17/h1-14,21H,(H2,22,23).